The van der Waals surface area contributed by atoms with Gasteiger partial charge in [0.15, 0.2) is 0 Å². The maximum atomic E-state index is 13.5. The summed E-state index contributed by atoms with van der Waals surface area (Å²) in [5.41, 5.74) is -0.876. The van der Waals surface area contributed by atoms with E-state index in [-0.39, 0.29) is 49.2 Å². The zero-order chi connectivity index (χ0) is 28.2. The molecule has 0 saturated heterocycles. The predicted molar refractivity (Wildman–Crippen MR) is 141 cm³/mol. The van der Waals surface area contributed by atoms with E-state index in [4.69, 9.17) is 18.9 Å². The summed E-state index contributed by atoms with van der Waals surface area (Å²) in [5, 5.41) is 0. The maximum absolute atomic E-state index is 13.5. The van der Waals surface area contributed by atoms with Crippen molar-refractivity contribution >= 4 is 23.9 Å². The number of carbonyl (C=O) groups excluding carboxylic acids is 4. The normalized spacial score (nSPS) is 30.8. The van der Waals surface area contributed by atoms with Crippen LogP contribution in [0.4, 0.5) is 0 Å². The minimum absolute atomic E-state index is 0.116. The molecule has 212 valence electrons. The van der Waals surface area contributed by atoms with Crippen molar-refractivity contribution in [3.8, 4) is 0 Å². The van der Waals surface area contributed by atoms with Gasteiger partial charge in [-0.25, -0.2) is 9.59 Å². The summed E-state index contributed by atoms with van der Waals surface area (Å²) < 4.78 is 21.7. The molecule has 4 bridgehead atoms. The van der Waals surface area contributed by atoms with Crippen LogP contribution in [0, 0.1) is 21.7 Å². The first-order valence-electron chi connectivity index (χ1n) is 13.7. The monoisotopic (exact) mass is 532 g/mol. The smallest absolute Gasteiger partial charge is 0.333 e. The molecular formula is C30H44O8. The molecule has 38 heavy (non-hydrogen) atoms. The topological polar surface area (TPSA) is 105 Å². The van der Waals surface area contributed by atoms with E-state index in [0.717, 1.165) is 32.1 Å². The quantitative estimate of drug-likeness (QED) is 0.129. The molecular weight excluding hydrogens is 488 g/mol. The van der Waals surface area contributed by atoms with Crippen molar-refractivity contribution in [3.63, 3.8) is 0 Å². The highest BCUT2D eigenvalue weighted by atomic mass is 16.5. The molecule has 8 heteroatoms. The van der Waals surface area contributed by atoms with Crippen molar-refractivity contribution in [2.24, 2.45) is 21.7 Å². The van der Waals surface area contributed by atoms with E-state index in [2.05, 4.69) is 27.0 Å². The van der Waals surface area contributed by atoms with E-state index in [1.54, 1.807) is 13.8 Å². The second kappa shape index (κ2) is 11.6. The van der Waals surface area contributed by atoms with Crippen LogP contribution in [-0.4, -0.2) is 50.3 Å². The SMILES string of the molecule is C=C(C)C(=O)OCCCCOC(=O)C12CC3(C)CC(C)(C1)CC(C(=O)OCCCCOC(=O)C(=C)C)(C3)C2. The number of hydrogen-bond acceptors (Lipinski definition) is 8. The van der Waals surface area contributed by atoms with Crippen LogP contribution in [0.2, 0.25) is 0 Å². The average Bonchev–Trinajstić information content (AvgIpc) is 2.80. The fourth-order valence-corrected chi connectivity index (χ4v) is 7.75. The van der Waals surface area contributed by atoms with Crippen LogP contribution in [0.5, 0.6) is 0 Å². The van der Waals surface area contributed by atoms with Gasteiger partial charge in [0.2, 0.25) is 0 Å². The molecule has 0 unspecified atom stereocenters. The van der Waals surface area contributed by atoms with E-state index in [1.165, 1.54) is 0 Å². The Labute approximate surface area is 226 Å². The molecule has 0 aromatic heterocycles. The standard InChI is InChI=1S/C30H44O8/c1-21(2)23(31)35-11-7-9-13-37-25(33)29-16-27(5)15-28(6,17-29)19-30(18-27,20-29)26(34)38-14-10-8-12-36-24(32)22(3)4/h1,3,7-20H2,2,4-6H3. The average molecular weight is 533 g/mol. The zero-order valence-corrected chi connectivity index (χ0v) is 23.6. The molecule has 0 atom stereocenters. The van der Waals surface area contributed by atoms with Crippen LogP contribution in [0.25, 0.3) is 0 Å². The van der Waals surface area contributed by atoms with Gasteiger partial charge in [0.05, 0.1) is 37.3 Å². The Balaban J connectivity index is 1.54. The summed E-state index contributed by atoms with van der Waals surface area (Å²) >= 11 is 0. The van der Waals surface area contributed by atoms with Gasteiger partial charge in [0.1, 0.15) is 0 Å². The lowest BCUT2D eigenvalue weighted by molar-refractivity contribution is -0.221. The van der Waals surface area contributed by atoms with Crippen molar-refractivity contribution in [3.05, 3.63) is 24.3 Å². The summed E-state index contributed by atoms with van der Waals surface area (Å²) in [6.45, 7) is 15.7. The number of unbranched alkanes of at least 4 members (excludes halogenated alkanes) is 2. The Morgan fingerprint density at radius 1 is 0.553 bits per heavy atom. The fourth-order valence-electron chi connectivity index (χ4n) is 7.75. The molecule has 0 aromatic carbocycles. The Kier molecular flexibility index (Phi) is 9.15. The Hall–Kier alpha value is -2.64. The van der Waals surface area contributed by atoms with Crippen LogP contribution >= 0.6 is 0 Å². The first-order chi connectivity index (χ1) is 17.7. The van der Waals surface area contributed by atoms with Crippen molar-refractivity contribution < 1.29 is 38.1 Å². The first kappa shape index (κ1) is 29.9. The number of rotatable bonds is 14. The lowest BCUT2D eigenvalue weighted by Crippen LogP contribution is -2.64. The van der Waals surface area contributed by atoms with E-state index in [1.807, 2.05) is 0 Å². The van der Waals surface area contributed by atoms with Crippen molar-refractivity contribution in [2.45, 2.75) is 91.9 Å². The van der Waals surface area contributed by atoms with Crippen molar-refractivity contribution in [1.82, 2.24) is 0 Å². The summed E-state index contributed by atoms with van der Waals surface area (Å²) in [6, 6.07) is 0. The van der Waals surface area contributed by atoms with Gasteiger partial charge in [0, 0.05) is 11.1 Å². The van der Waals surface area contributed by atoms with Crippen LogP contribution < -0.4 is 0 Å². The first-order valence-corrected chi connectivity index (χ1v) is 13.7. The van der Waals surface area contributed by atoms with Gasteiger partial charge in [-0.1, -0.05) is 27.0 Å². The third-order valence-electron chi connectivity index (χ3n) is 8.16. The molecule has 0 heterocycles. The van der Waals surface area contributed by atoms with Gasteiger partial charge < -0.3 is 18.9 Å². The molecule has 0 amide bonds. The molecule has 4 rings (SSSR count). The molecule has 4 aliphatic rings. The minimum Gasteiger partial charge on any atom is -0.465 e. The summed E-state index contributed by atoms with van der Waals surface area (Å²) in [6.07, 6.45) is 6.75. The zero-order valence-electron chi connectivity index (χ0n) is 23.6. The minimum atomic E-state index is -0.680. The molecule has 4 saturated carbocycles. The van der Waals surface area contributed by atoms with Crippen molar-refractivity contribution in [2.75, 3.05) is 26.4 Å². The molecule has 0 aromatic rings. The number of hydrogen-bond donors (Lipinski definition) is 0. The lowest BCUT2D eigenvalue weighted by Gasteiger charge is -2.67. The largest absolute Gasteiger partial charge is 0.465 e. The highest BCUT2D eigenvalue weighted by Crippen LogP contribution is 2.74. The number of carbonyl (C=O) groups is 4. The summed E-state index contributed by atoms with van der Waals surface area (Å²) in [5.74, 6) is -1.27. The van der Waals surface area contributed by atoms with Gasteiger partial charge in [-0.05, 0) is 88.9 Å². The number of ether oxygens (including phenoxy) is 4. The summed E-state index contributed by atoms with van der Waals surface area (Å²) in [7, 11) is 0. The Morgan fingerprint density at radius 3 is 1.18 bits per heavy atom. The summed E-state index contributed by atoms with van der Waals surface area (Å²) in [4.78, 5) is 49.9. The second-order valence-corrected chi connectivity index (χ2v) is 12.8. The highest BCUT2D eigenvalue weighted by molar-refractivity contribution is 5.87. The Morgan fingerprint density at radius 2 is 0.868 bits per heavy atom. The molecule has 0 radical (unpaired) electrons. The fraction of sp³-hybridized carbons (Fsp3) is 0.733. The van der Waals surface area contributed by atoms with Crippen LogP contribution in [0.15, 0.2) is 24.3 Å². The van der Waals surface area contributed by atoms with Gasteiger partial charge in [0.25, 0.3) is 0 Å². The highest BCUT2D eigenvalue weighted by Gasteiger charge is 2.70. The van der Waals surface area contributed by atoms with Crippen molar-refractivity contribution in [1.29, 1.82) is 0 Å². The lowest BCUT2D eigenvalue weighted by atomic mass is 9.36. The maximum Gasteiger partial charge on any atom is 0.333 e. The van der Waals surface area contributed by atoms with E-state index in [9.17, 15) is 19.2 Å². The van der Waals surface area contributed by atoms with Crippen LogP contribution in [0.3, 0.4) is 0 Å². The second-order valence-electron chi connectivity index (χ2n) is 12.8. The predicted octanol–water partition coefficient (Wildman–Crippen LogP) is 5.24. The van der Waals surface area contributed by atoms with E-state index >= 15 is 0 Å². The van der Waals surface area contributed by atoms with Gasteiger partial charge in [-0.3, -0.25) is 9.59 Å². The molecule has 8 nitrogen and oxygen atoms in total. The third-order valence-corrected chi connectivity index (χ3v) is 8.16. The van der Waals surface area contributed by atoms with Crippen LogP contribution in [-0.2, 0) is 38.1 Å². The van der Waals surface area contributed by atoms with Gasteiger partial charge in [-0.2, -0.15) is 0 Å². The molecule has 0 N–H and O–H groups in total. The van der Waals surface area contributed by atoms with E-state index in [0.29, 0.717) is 43.3 Å². The van der Waals surface area contributed by atoms with Gasteiger partial charge >= 0.3 is 23.9 Å². The molecule has 0 aliphatic heterocycles. The van der Waals surface area contributed by atoms with Gasteiger partial charge in [-0.15, -0.1) is 0 Å². The third kappa shape index (κ3) is 6.86. The molecule has 0 spiro atoms. The van der Waals surface area contributed by atoms with Crippen LogP contribution in [0.1, 0.15) is 91.9 Å². The Bertz CT molecular complexity index is 889. The molecule has 4 fully saturated rings. The molecule has 4 aliphatic carbocycles. The van der Waals surface area contributed by atoms with E-state index < -0.39 is 22.8 Å². The number of esters is 4.